The first-order valence-electron chi connectivity index (χ1n) is 6.40. The van der Waals surface area contributed by atoms with Crippen molar-refractivity contribution in [3.63, 3.8) is 0 Å². The first kappa shape index (κ1) is 12.4. The van der Waals surface area contributed by atoms with Crippen LogP contribution in [0.1, 0.15) is 11.5 Å². The van der Waals surface area contributed by atoms with Gasteiger partial charge < -0.3 is 0 Å². The van der Waals surface area contributed by atoms with Crippen molar-refractivity contribution >= 4 is 0 Å². The molecule has 4 nitrogen and oxygen atoms in total. The van der Waals surface area contributed by atoms with Crippen LogP contribution >= 0.6 is 0 Å². The van der Waals surface area contributed by atoms with E-state index in [1.54, 1.807) is 6.33 Å². The van der Waals surface area contributed by atoms with Gasteiger partial charge in [-0.1, -0.05) is 18.2 Å². The summed E-state index contributed by atoms with van der Waals surface area (Å²) >= 11 is 0. The Morgan fingerprint density at radius 3 is 2.25 bits per heavy atom. The fourth-order valence-corrected chi connectivity index (χ4v) is 2.01. The van der Waals surface area contributed by atoms with Crippen LogP contribution in [0, 0.1) is 13.8 Å². The number of nitrogens with zero attached hydrogens (tertiary/aromatic N) is 4. The predicted octanol–water partition coefficient (Wildman–Crippen LogP) is 3.22. The summed E-state index contributed by atoms with van der Waals surface area (Å²) in [6, 6.07) is 10.2. The lowest BCUT2D eigenvalue weighted by atomic mass is 10.0. The molecular formula is C16H14N4. The monoisotopic (exact) mass is 262 g/mol. The molecule has 0 aliphatic carbocycles. The molecule has 0 unspecified atom stereocenters. The highest BCUT2D eigenvalue weighted by molar-refractivity contribution is 5.70. The number of benzene rings is 1. The number of hydrogen-bond donors (Lipinski definition) is 0. The van der Waals surface area contributed by atoms with Crippen LogP contribution in [0.5, 0.6) is 0 Å². The third kappa shape index (κ3) is 2.54. The van der Waals surface area contributed by atoms with Crippen LogP contribution in [0.25, 0.3) is 22.4 Å². The molecule has 20 heavy (non-hydrogen) atoms. The molecule has 2 aromatic heterocycles. The van der Waals surface area contributed by atoms with E-state index in [2.05, 4.69) is 26.0 Å². The van der Waals surface area contributed by atoms with Gasteiger partial charge in [-0.25, -0.2) is 19.9 Å². The molecule has 0 N–H and O–H groups in total. The second-order valence-electron chi connectivity index (χ2n) is 4.64. The molecule has 0 amide bonds. The fourth-order valence-electron chi connectivity index (χ4n) is 2.01. The van der Waals surface area contributed by atoms with Crippen LogP contribution in [0.15, 0.2) is 49.1 Å². The Bertz CT molecular complexity index is 735. The van der Waals surface area contributed by atoms with Crippen molar-refractivity contribution < 1.29 is 0 Å². The van der Waals surface area contributed by atoms with Crippen LogP contribution in [0.2, 0.25) is 0 Å². The van der Waals surface area contributed by atoms with Crippen molar-refractivity contribution in [3.8, 4) is 22.4 Å². The second kappa shape index (κ2) is 5.17. The van der Waals surface area contributed by atoms with Gasteiger partial charge in [0.05, 0.1) is 5.69 Å². The van der Waals surface area contributed by atoms with Crippen molar-refractivity contribution in [1.29, 1.82) is 0 Å². The number of hydrogen-bond acceptors (Lipinski definition) is 4. The smallest absolute Gasteiger partial charge is 0.125 e. The van der Waals surface area contributed by atoms with E-state index in [4.69, 9.17) is 0 Å². The van der Waals surface area contributed by atoms with Gasteiger partial charge in [0.25, 0.3) is 0 Å². The molecule has 0 aliphatic heterocycles. The molecule has 0 bridgehead atoms. The van der Waals surface area contributed by atoms with Gasteiger partial charge in [-0.2, -0.15) is 0 Å². The Labute approximate surface area is 117 Å². The molecular weight excluding hydrogens is 248 g/mol. The van der Waals surface area contributed by atoms with Crippen LogP contribution in [0.3, 0.4) is 0 Å². The molecule has 98 valence electrons. The van der Waals surface area contributed by atoms with Gasteiger partial charge in [-0.15, -0.1) is 0 Å². The summed E-state index contributed by atoms with van der Waals surface area (Å²) in [5, 5.41) is 0. The Hall–Kier alpha value is -2.62. The molecule has 0 radical (unpaired) electrons. The zero-order valence-electron chi connectivity index (χ0n) is 11.4. The number of aromatic nitrogens is 4. The second-order valence-corrected chi connectivity index (χ2v) is 4.64. The van der Waals surface area contributed by atoms with Gasteiger partial charge in [-0.3, -0.25) is 0 Å². The zero-order valence-corrected chi connectivity index (χ0v) is 11.4. The van der Waals surface area contributed by atoms with Crippen LogP contribution in [-0.4, -0.2) is 19.9 Å². The minimum atomic E-state index is 0.774. The van der Waals surface area contributed by atoms with Crippen LogP contribution in [-0.2, 0) is 0 Å². The highest BCUT2D eigenvalue weighted by Gasteiger charge is 2.04. The summed E-state index contributed by atoms with van der Waals surface area (Å²) in [6.45, 7) is 3.84. The summed E-state index contributed by atoms with van der Waals surface area (Å²) in [5.74, 6) is 0.774. The Morgan fingerprint density at radius 2 is 1.50 bits per heavy atom. The third-order valence-electron chi connectivity index (χ3n) is 3.08. The van der Waals surface area contributed by atoms with E-state index in [0.717, 1.165) is 33.9 Å². The van der Waals surface area contributed by atoms with E-state index in [0.29, 0.717) is 0 Å². The quantitative estimate of drug-likeness (QED) is 0.711. The molecule has 1 aromatic carbocycles. The summed E-state index contributed by atoms with van der Waals surface area (Å²) in [7, 11) is 0. The van der Waals surface area contributed by atoms with Gasteiger partial charge in [0.15, 0.2) is 0 Å². The molecule has 0 saturated heterocycles. The minimum Gasteiger partial charge on any atom is -0.242 e. The zero-order chi connectivity index (χ0) is 13.9. The summed E-state index contributed by atoms with van der Waals surface area (Å²) in [4.78, 5) is 16.9. The SMILES string of the molecule is Cc1cc(-c2cccc(-c3cnc(C)nc3)c2)ncn1. The van der Waals surface area contributed by atoms with E-state index in [1.165, 1.54) is 0 Å². The average molecular weight is 262 g/mol. The van der Waals surface area contributed by atoms with Crippen molar-refractivity contribution in [2.75, 3.05) is 0 Å². The highest BCUT2D eigenvalue weighted by Crippen LogP contribution is 2.24. The van der Waals surface area contributed by atoms with Crippen LogP contribution in [0.4, 0.5) is 0 Å². The first-order valence-corrected chi connectivity index (χ1v) is 6.40. The average Bonchev–Trinajstić information content (AvgIpc) is 2.48. The van der Waals surface area contributed by atoms with E-state index in [1.807, 2.05) is 50.5 Å². The molecule has 3 rings (SSSR count). The summed E-state index contributed by atoms with van der Waals surface area (Å²) in [6.07, 6.45) is 5.27. The molecule has 0 aliphatic rings. The predicted molar refractivity (Wildman–Crippen MR) is 78.0 cm³/mol. The number of aryl methyl sites for hydroxylation is 2. The van der Waals surface area contributed by atoms with Gasteiger partial charge >= 0.3 is 0 Å². The molecule has 0 fully saturated rings. The van der Waals surface area contributed by atoms with Gasteiger partial charge in [-0.05, 0) is 31.5 Å². The molecule has 0 saturated carbocycles. The standard InChI is InChI=1S/C16H14N4/c1-11-6-16(20-10-19-11)14-5-3-4-13(7-14)15-8-17-12(2)18-9-15/h3-10H,1-2H3. The van der Waals surface area contributed by atoms with E-state index >= 15 is 0 Å². The van der Waals surface area contributed by atoms with E-state index < -0.39 is 0 Å². The maximum absolute atomic E-state index is 4.32. The van der Waals surface area contributed by atoms with Crippen LogP contribution < -0.4 is 0 Å². The lowest BCUT2D eigenvalue weighted by Gasteiger charge is -2.05. The molecule has 2 heterocycles. The largest absolute Gasteiger partial charge is 0.242 e. The maximum atomic E-state index is 4.32. The molecule has 0 atom stereocenters. The van der Waals surface area contributed by atoms with Gasteiger partial charge in [0.2, 0.25) is 0 Å². The number of rotatable bonds is 2. The lowest BCUT2D eigenvalue weighted by molar-refractivity contribution is 1.06. The lowest BCUT2D eigenvalue weighted by Crippen LogP contribution is -1.90. The summed E-state index contributed by atoms with van der Waals surface area (Å²) < 4.78 is 0. The van der Waals surface area contributed by atoms with Crippen molar-refractivity contribution in [2.45, 2.75) is 13.8 Å². The Kier molecular flexibility index (Phi) is 3.21. The first-order chi connectivity index (χ1) is 9.72. The van der Waals surface area contributed by atoms with Gasteiger partial charge in [0.1, 0.15) is 12.2 Å². The van der Waals surface area contributed by atoms with E-state index in [-0.39, 0.29) is 0 Å². The topological polar surface area (TPSA) is 51.6 Å². The molecule has 0 spiro atoms. The molecule has 3 aromatic rings. The van der Waals surface area contributed by atoms with Crippen molar-refractivity contribution in [1.82, 2.24) is 19.9 Å². The van der Waals surface area contributed by atoms with E-state index in [9.17, 15) is 0 Å². The molecule has 4 heteroatoms. The minimum absolute atomic E-state index is 0.774. The maximum Gasteiger partial charge on any atom is 0.125 e. The Morgan fingerprint density at radius 1 is 0.750 bits per heavy atom. The third-order valence-corrected chi connectivity index (χ3v) is 3.08. The van der Waals surface area contributed by atoms with Crippen molar-refractivity contribution in [2.24, 2.45) is 0 Å². The highest BCUT2D eigenvalue weighted by atomic mass is 14.8. The Balaban J connectivity index is 2.03. The normalized spacial score (nSPS) is 10.5. The van der Waals surface area contributed by atoms with Crippen molar-refractivity contribution in [3.05, 3.63) is 60.6 Å². The van der Waals surface area contributed by atoms with Gasteiger partial charge in [0, 0.05) is 29.2 Å². The summed E-state index contributed by atoms with van der Waals surface area (Å²) in [5.41, 5.74) is 5.03. The fraction of sp³-hybridized carbons (Fsp3) is 0.125.